The molecule has 1 aliphatic rings. The fourth-order valence-electron chi connectivity index (χ4n) is 5.36. The van der Waals surface area contributed by atoms with Crippen LogP contribution < -0.4 is 10.9 Å². The molecular formula is C30H42N4O4. The Morgan fingerprint density at radius 2 is 1.92 bits per heavy atom. The summed E-state index contributed by atoms with van der Waals surface area (Å²) in [4.78, 5) is 30.0. The fraction of sp³-hybridized carbons (Fsp3) is 0.567. The second-order valence-corrected chi connectivity index (χ2v) is 11.8. The van der Waals surface area contributed by atoms with Crippen LogP contribution >= 0.6 is 0 Å². The van der Waals surface area contributed by atoms with Gasteiger partial charge in [-0.2, -0.15) is 0 Å². The van der Waals surface area contributed by atoms with Crippen LogP contribution in [-0.2, 0) is 29.7 Å². The van der Waals surface area contributed by atoms with E-state index in [0.717, 1.165) is 34.5 Å². The summed E-state index contributed by atoms with van der Waals surface area (Å²) in [6, 6.07) is 7.22. The lowest BCUT2D eigenvalue weighted by Gasteiger charge is -2.26. The van der Waals surface area contributed by atoms with Crippen molar-refractivity contribution < 1.29 is 14.6 Å². The topological polar surface area (TPSA) is 98.4 Å². The van der Waals surface area contributed by atoms with E-state index in [1.165, 1.54) is 32.1 Å². The lowest BCUT2D eigenvalue weighted by Crippen LogP contribution is -2.47. The number of aromatic nitrogens is 3. The summed E-state index contributed by atoms with van der Waals surface area (Å²) in [5.74, 6) is 0.982. The van der Waals surface area contributed by atoms with Crippen molar-refractivity contribution in [1.82, 2.24) is 19.4 Å². The molecule has 1 saturated carbocycles. The highest BCUT2D eigenvalue weighted by Gasteiger charge is 2.28. The van der Waals surface area contributed by atoms with Gasteiger partial charge in [-0.3, -0.25) is 14.9 Å². The number of aliphatic hydroxyl groups excluding tert-OH is 1. The molecule has 8 heteroatoms. The van der Waals surface area contributed by atoms with Crippen LogP contribution in [0.4, 0.5) is 0 Å². The zero-order chi connectivity index (χ0) is 27.6. The highest BCUT2D eigenvalue weighted by atomic mass is 16.6. The van der Waals surface area contributed by atoms with E-state index in [1.54, 1.807) is 18.5 Å². The Balaban J connectivity index is 1.68. The van der Waals surface area contributed by atoms with Crippen molar-refractivity contribution in [2.24, 2.45) is 13.0 Å². The normalized spacial score (nSPS) is 16.5. The summed E-state index contributed by atoms with van der Waals surface area (Å²) < 4.78 is 9.43. The van der Waals surface area contributed by atoms with E-state index in [0.29, 0.717) is 18.0 Å². The van der Waals surface area contributed by atoms with E-state index in [2.05, 4.69) is 16.0 Å². The molecule has 2 aromatic heterocycles. The van der Waals surface area contributed by atoms with E-state index in [4.69, 9.17) is 9.72 Å². The molecule has 0 radical (unpaired) electrons. The monoisotopic (exact) mass is 522 g/mol. The number of benzene rings is 1. The van der Waals surface area contributed by atoms with Gasteiger partial charge in [-0.15, -0.1) is 0 Å². The summed E-state index contributed by atoms with van der Waals surface area (Å²) >= 11 is 0. The summed E-state index contributed by atoms with van der Waals surface area (Å²) in [5.41, 5.74) is 3.89. The van der Waals surface area contributed by atoms with Crippen LogP contribution in [0.25, 0.3) is 22.4 Å². The second-order valence-electron chi connectivity index (χ2n) is 11.8. The van der Waals surface area contributed by atoms with Gasteiger partial charge >= 0.3 is 5.97 Å². The molecule has 4 rings (SSSR count). The summed E-state index contributed by atoms with van der Waals surface area (Å²) in [6.45, 7) is 10.1. The third-order valence-corrected chi connectivity index (χ3v) is 7.27. The minimum absolute atomic E-state index is 0.00490. The van der Waals surface area contributed by atoms with Crippen molar-refractivity contribution in [3.63, 3.8) is 0 Å². The van der Waals surface area contributed by atoms with E-state index < -0.39 is 23.7 Å². The number of hydrogen-bond donors (Lipinski definition) is 2. The molecule has 0 amide bonds. The maximum Gasteiger partial charge on any atom is 0.326 e. The molecule has 8 nitrogen and oxygen atoms in total. The van der Waals surface area contributed by atoms with Crippen LogP contribution in [0.3, 0.4) is 0 Å². The van der Waals surface area contributed by atoms with Crippen molar-refractivity contribution >= 4 is 17.0 Å². The van der Waals surface area contributed by atoms with Gasteiger partial charge in [0.05, 0.1) is 17.1 Å². The van der Waals surface area contributed by atoms with Crippen molar-refractivity contribution in [2.75, 3.05) is 0 Å². The number of carbonyl (C=O) groups excluding carboxylic acids is 1. The standard InChI is InChI=1S/C30H42N4O4/c1-19-14-23(18-33(6)28(19)36)27-32-24-13-12-22(15-25(24)34(27)17-21-10-8-7-9-11-21)16-31-26(20(2)35)29(37)38-30(3,4)5/h12-15,18,20-21,26,31,35H,7-11,16-17H2,1-6H3/t20-,26+/m1/s1. The number of nitrogens with zero attached hydrogens (tertiary/aromatic N) is 3. The van der Waals surface area contributed by atoms with Crippen molar-refractivity contribution in [1.29, 1.82) is 0 Å². The van der Waals surface area contributed by atoms with Gasteiger partial charge in [-0.1, -0.05) is 25.3 Å². The van der Waals surface area contributed by atoms with Crippen LogP contribution in [0.5, 0.6) is 0 Å². The molecule has 0 spiro atoms. The Morgan fingerprint density at radius 1 is 1.21 bits per heavy atom. The minimum atomic E-state index is -0.898. The number of aryl methyl sites for hydroxylation is 2. The number of pyridine rings is 1. The number of esters is 1. The van der Waals surface area contributed by atoms with Gasteiger partial charge in [-0.25, -0.2) is 4.98 Å². The Morgan fingerprint density at radius 3 is 2.55 bits per heavy atom. The zero-order valence-corrected chi connectivity index (χ0v) is 23.6. The molecule has 1 aromatic carbocycles. The molecule has 0 aliphatic heterocycles. The number of carbonyl (C=O) groups is 1. The molecule has 2 heterocycles. The molecule has 1 fully saturated rings. The van der Waals surface area contributed by atoms with Crippen molar-refractivity contribution in [3.8, 4) is 11.4 Å². The van der Waals surface area contributed by atoms with Crippen molar-refractivity contribution in [2.45, 2.75) is 97.6 Å². The van der Waals surface area contributed by atoms with Gasteiger partial charge in [-0.05, 0) is 77.1 Å². The van der Waals surface area contributed by atoms with Gasteiger partial charge < -0.3 is 19.0 Å². The Hall–Kier alpha value is -2.97. The molecular weight excluding hydrogens is 480 g/mol. The SMILES string of the molecule is Cc1cc(-c2nc3ccc(CN[C@H](C(=O)OC(C)(C)C)[C@@H](C)O)cc3n2CC2CCCCC2)cn(C)c1=O. The lowest BCUT2D eigenvalue weighted by atomic mass is 9.89. The van der Waals surface area contributed by atoms with Gasteiger partial charge in [0.2, 0.25) is 0 Å². The van der Waals surface area contributed by atoms with Crippen LogP contribution in [0.15, 0.2) is 35.3 Å². The maximum atomic E-state index is 12.7. The molecule has 2 N–H and O–H groups in total. The summed E-state index contributed by atoms with van der Waals surface area (Å²) in [7, 11) is 1.78. The number of aliphatic hydroxyl groups is 1. The summed E-state index contributed by atoms with van der Waals surface area (Å²) in [6.07, 6.45) is 7.19. The van der Waals surface area contributed by atoms with Gasteiger partial charge in [0.15, 0.2) is 0 Å². The first-order valence-electron chi connectivity index (χ1n) is 13.7. The summed E-state index contributed by atoms with van der Waals surface area (Å²) in [5, 5.41) is 13.4. The molecule has 0 unspecified atom stereocenters. The largest absolute Gasteiger partial charge is 0.459 e. The first-order valence-corrected chi connectivity index (χ1v) is 13.7. The van der Waals surface area contributed by atoms with Crippen molar-refractivity contribution in [3.05, 3.63) is 51.9 Å². The Bertz CT molecular complexity index is 1320. The zero-order valence-electron chi connectivity index (χ0n) is 23.6. The maximum absolute atomic E-state index is 12.7. The molecule has 3 aromatic rings. The molecule has 2 atom stereocenters. The van der Waals surface area contributed by atoms with Crippen LogP contribution in [0.1, 0.15) is 70.9 Å². The first-order chi connectivity index (χ1) is 17.9. The fourth-order valence-corrected chi connectivity index (χ4v) is 5.36. The third-order valence-electron chi connectivity index (χ3n) is 7.27. The highest BCUT2D eigenvalue weighted by molar-refractivity contribution is 5.81. The predicted molar refractivity (Wildman–Crippen MR) is 150 cm³/mol. The average Bonchev–Trinajstić information content (AvgIpc) is 3.19. The lowest BCUT2D eigenvalue weighted by molar-refractivity contribution is -0.160. The van der Waals surface area contributed by atoms with E-state index in [9.17, 15) is 14.7 Å². The number of fused-ring (bicyclic) bond motifs is 1. The van der Waals surface area contributed by atoms with E-state index in [1.807, 2.05) is 52.1 Å². The second kappa shape index (κ2) is 11.4. The van der Waals surface area contributed by atoms with E-state index >= 15 is 0 Å². The predicted octanol–water partition coefficient (Wildman–Crippen LogP) is 4.47. The number of imidazole rings is 1. The molecule has 206 valence electrons. The quantitative estimate of drug-likeness (QED) is 0.424. The number of rotatable bonds is 8. The van der Waals surface area contributed by atoms with Gasteiger partial charge in [0, 0.05) is 37.5 Å². The molecule has 1 aliphatic carbocycles. The third kappa shape index (κ3) is 6.53. The highest BCUT2D eigenvalue weighted by Crippen LogP contribution is 2.31. The number of hydrogen-bond acceptors (Lipinski definition) is 6. The van der Waals surface area contributed by atoms with Gasteiger partial charge in [0.1, 0.15) is 17.5 Å². The molecule has 38 heavy (non-hydrogen) atoms. The minimum Gasteiger partial charge on any atom is -0.459 e. The average molecular weight is 523 g/mol. The molecule has 0 saturated heterocycles. The van der Waals surface area contributed by atoms with Crippen LogP contribution in [-0.4, -0.2) is 42.9 Å². The number of nitrogens with one attached hydrogen (secondary N) is 1. The Labute approximate surface area is 225 Å². The number of ether oxygens (including phenoxy) is 1. The van der Waals surface area contributed by atoms with Gasteiger partial charge in [0.25, 0.3) is 5.56 Å². The Kier molecular flexibility index (Phi) is 8.43. The first kappa shape index (κ1) is 28.0. The smallest absolute Gasteiger partial charge is 0.326 e. The van der Waals surface area contributed by atoms with Crippen LogP contribution in [0.2, 0.25) is 0 Å². The van der Waals surface area contributed by atoms with E-state index in [-0.39, 0.29) is 5.56 Å². The van der Waals surface area contributed by atoms with Crippen LogP contribution in [0, 0.1) is 12.8 Å². The molecule has 0 bridgehead atoms.